The van der Waals surface area contributed by atoms with Gasteiger partial charge < -0.3 is 24.5 Å². The number of hydrogen-bond donors (Lipinski definition) is 2. The largest absolute Gasteiger partial charge is 0.452 e. The third kappa shape index (κ3) is 4.55. The van der Waals surface area contributed by atoms with E-state index in [0.717, 1.165) is 0 Å². The number of benzene rings is 2. The molecule has 0 spiro atoms. The molecule has 0 aliphatic heterocycles. The van der Waals surface area contributed by atoms with Crippen molar-refractivity contribution >= 4 is 23.2 Å². The summed E-state index contributed by atoms with van der Waals surface area (Å²) in [6.45, 7) is 4.14. The fraction of sp³-hybridized carbons (Fsp3) is 0.190. The van der Waals surface area contributed by atoms with Gasteiger partial charge >= 0.3 is 12.2 Å². The molecule has 29 heavy (non-hydrogen) atoms. The minimum Gasteiger partial charge on any atom is -0.452 e. The molecular weight excluding hydrogens is 376 g/mol. The second-order valence-electron chi connectivity index (χ2n) is 5.95. The van der Waals surface area contributed by atoms with Crippen molar-refractivity contribution in [1.29, 1.82) is 0 Å². The van der Waals surface area contributed by atoms with Crippen LogP contribution in [0.25, 0.3) is 22.3 Å². The van der Waals surface area contributed by atoms with Gasteiger partial charge in [-0.15, -0.1) is 0 Å². The van der Waals surface area contributed by atoms with Crippen LogP contribution in [-0.4, -0.2) is 25.3 Å². The minimum absolute atomic E-state index is 0.00408. The van der Waals surface area contributed by atoms with Gasteiger partial charge in [-0.25, -0.2) is 9.59 Å². The van der Waals surface area contributed by atoms with E-state index in [-0.39, 0.29) is 27.9 Å². The van der Waals surface area contributed by atoms with Gasteiger partial charge in [0, 0.05) is 24.7 Å². The molecule has 0 bridgehead atoms. The Bertz CT molecular complexity index is 1090. The summed E-state index contributed by atoms with van der Waals surface area (Å²) in [5.74, 6) is 0.0802. The molecule has 0 saturated carbocycles. The second-order valence-corrected chi connectivity index (χ2v) is 5.95. The number of nitrogens with one attached hydrogen (secondary N) is 2. The maximum Gasteiger partial charge on any atom is 0.412 e. The van der Waals surface area contributed by atoms with Crippen molar-refractivity contribution < 1.29 is 23.5 Å². The summed E-state index contributed by atoms with van der Waals surface area (Å²) in [5, 5.41) is 5.16. The maximum atomic E-state index is 12.6. The van der Waals surface area contributed by atoms with Crippen LogP contribution in [-0.2, 0) is 0 Å². The number of carbonyl (C=O) groups is 2. The van der Waals surface area contributed by atoms with Crippen LogP contribution in [0.4, 0.5) is 9.59 Å². The molecule has 0 saturated heterocycles. The third-order valence-electron chi connectivity index (χ3n) is 3.91. The summed E-state index contributed by atoms with van der Waals surface area (Å²) >= 11 is 0. The van der Waals surface area contributed by atoms with Crippen LogP contribution in [0.15, 0.2) is 57.7 Å². The lowest BCUT2D eigenvalue weighted by Gasteiger charge is -2.13. The highest BCUT2D eigenvalue weighted by Gasteiger charge is 2.21. The number of rotatable bonds is 5. The molecule has 0 radical (unpaired) electrons. The van der Waals surface area contributed by atoms with Crippen LogP contribution in [0.2, 0.25) is 0 Å². The highest BCUT2D eigenvalue weighted by Crippen LogP contribution is 2.36. The highest BCUT2D eigenvalue weighted by molar-refractivity contribution is 5.90. The fourth-order valence-electron chi connectivity index (χ4n) is 2.65. The highest BCUT2D eigenvalue weighted by atomic mass is 16.6. The first-order chi connectivity index (χ1) is 14.0. The molecular formula is C21H20N2O6. The van der Waals surface area contributed by atoms with Crippen molar-refractivity contribution in [1.82, 2.24) is 10.6 Å². The van der Waals surface area contributed by atoms with Gasteiger partial charge in [0.2, 0.25) is 5.75 Å². The van der Waals surface area contributed by atoms with Gasteiger partial charge in [0.25, 0.3) is 0 Å². The number of hydrogen-bond acceptors (Lipinski definition) is 6. The normalized spacial score (nSPS) is 10.4. The summed E-state index contributed by atoms with van der Waals surface area (Å²) in [7, 11) is 0. The van der Waals surface area contributed by atoms with E-state index >= 15 is 0 Å². The van der Waals surface area contributed by atoms with Crippen LogP contribution in [0.1, 0.15) is 13.8 Å². The predicted octanol–water partition coefficient (Wildman–Crippen LogP) is 3.68. The SMILES string of the molecule is CCNC(=O)Oc1ccc2c(=O)cc(-c3ccccc3)oc2c1OC(=O)NCC. The van der Waals surface area contributed by atoms with Gasteiger partial charge in [-0.05, 0) is 26.0 Å². The standard InChI is InChI=1S/C21H20N2O6/c1-3-22-20(25)28-16-11-10-14-15(24)12-17(13-8-6-5-7-9-13)27-18(14)19(16)29-21(26)23-4-2/h5-12H,3-4H2,1-2H3,(H,22,25)(H,23,26). The number of carbonyl (C=O) groups excluding carboxylic acids is 2. The van der Waals surface area contributed by atoms with Gasteiger partial charge in [-0.1, -0.05) is 30.3 Å². The van der Waals surface area contributed by atoms with Gasteiger partial charge in [0.15, 0.2) is 16.8 Å². The van der Waals surface area contributed by atoms with E-state index in [2.05, 4.69) is 10.6 Å². The first kappa shape index (κ1) is 19.9. The Morgan fingerprint density at radius 3 is 2.24 bits per heavy atom. The zero-order chi connectivity index (χ0) is 20.8. The Labute approximate surface area is 166 Å². The van der Waals surface area contributed by atoms with E-state index in [4.69, 9.17) is 13.9 Å². The first-order valence-electron chi connectivity index (χ1n) is 9.11. The summed E-state index contributed by atoms with van der Waals surface area (Å²) in [6.07, 6.45) is -1.50. The smallest absolute Gasteiger partial charge is 0.412 e. The lowest BCUT2D eigenvalue weighted by molar-refractivity contribution is 0.190. The average molecular weight is 396 g/mol. The van der Waals surface area contributed by atoms with E-state index in [9.17, 15) is 14.4 Å². The quantitative estimate of drug-likeness (QED) is 0.681. The summed E-state index contributed by atoms with van der Waals surface area (Å²) in [5.41, 5.74) is 0.352. The molecule has 0 atom stereocenters. The third-order valence-corrected chi connectivity index (χ3v) is 3.91. The van der Waals surface area contributed by atoms with E-state index in [1.807, 2.05) is 6.07 Å². The van der Waals surface area contributed by atoms with E-state index < -0.39 is 12.2 Å². The molecule has 0 aliphatic rings. The molecule has 150 valence electrons. The molecule has 0 aliphatic carbocycles. The summed E-state index contributed by atoms with van der Waals surface area (Å²) < 4.78 is 16.5. The Kier molecular flexibility index (Phi) is 6.13. The molecule has 8 nitrogen and oxygen atoms in total. The molecule has 3 rings (SSSR count). The van der Waals surface area contributed by atoms with Crippen molar-refractivity contribution in [2.45, 2.75) is 13.8 Å². The summed E-state index contributed by atoms with van der Waals surface area (Å²) in [6, 6.07) is 13.2. The second kappa shape index (κ2) is 8.92. The number of fused-ring (bicyclic) bond motifs is 1. The van der Waals surface area contributed by atoms with Crippen molar-refractivity contribution in [2.75, 3.05) is 13.1 Å². The topological polar surface area (TPSA) is 107 Å². The van der Waals surface area contributed by atoms with Gasteiger partial charge in [-0.2, -0.15) is 0 Å². The first-order valence-corrected chi connectivity index (χ1v) is 9.11. The van der Waals surface area contributed by atoms with Crippen molar-refractivity contribution in [3.05, 3.63) is 58.8 Å². The fourth-order valence-corrected chi connectivity index (χ4v) is 2.65. The lowest BCUT2D eigenvalue weighted by atomic mass is 10.1. The zero-order valence-electron chi connectivity index (χ0n) is 16.0. The minimum atomic E-state index is -0.770. The molecule has 2 N–H and O–H groups in total. The number of ether oxygens (including phenoxy) is 2. The monoisotopic (exact) mass is 396 g/mol. The van der Waals surface area contributed by atoms with Crippen molar-refractivity contribution in [2.24, 2.45) is 0 Å². The van der Waals surface area contributed by atoms with Gasteiger partial charge in [-0.3, -0.25) is 4.79 Å². The van der Waals surface area contributed by atoms with Crippen LogP contribution < -0.4 is 25.5 Å². The number of amides is 2. The Hall–Kier alpha value is -3.81. The molecule has 3 aromatic rings. The van der Waals surface area contributed by atoms with E-state index in [1.165, 1.54) is 18.2 Å². The lowest BCUT2D eigenvalue weighted by Crippen LogP contribution is -2.28. The van der Waals surface area contributed by atoms with E-state index in [1.54, 1.807) is 38.1 Å². The molecule has 2 amide bonds. The van der Waals surface area contributed by atoms with Crippen molar-refractivity contribution in [3.63, 3.8) is 0 Å². The Morgan fingerprint density at radius 2 is 1.59 bits per heavy atom. The molecule has 8 heteroatoms. The van der Waals surface area contributed by atoms with E-state index in [0.29, 0.717) is 24.4 Å². The van der Waals surface area contributed by atoms with Crippen molar-refractivity contribution in [3.8, 4) is 22.8 Å². The van der Waals surface area contributed by atoms with Crippen LogP contribution in [0.5, 0.6) is 11.5 Å². The Balaban J connectivity index is 2.18. The maximum absolute atomic E-state index is 12.6. The Morgan fingerprint density at radius 1 is 0.931 bits per heavy atom. The van der Waals surface area contributed by atoms with Crippen LogP contribution in [0, 0.1) is 0 Å². The molecule has 2 aromatic carbocycles. The van der Waals surface area contributed by atoms with Gasteiger partial charge in [0.05, 0.1) is 5.39 Å². The average Bonchev–Trinajstić information content (AvgIpc) is 2.70. The zero-order valence-corrected chi connectivity index (χ0v) is 16.0. The molecule has 1 aromatic heterocycles. The van der Waals surface area contributed by atoms with Gasteiger partial charge in [0.1, 0.15) is 5.76 Å². The molecule has 0 fully saturated rings. The van der Waals surface area contributed by atoms with Crippen LogP contribution in [0.3, 0.4) is 0 Å². The van der Waals surface area contributed by atoms with Crippen LogP contribution >= 0.6 is 0 Å². The molecule has 1 heterocycles. The summed E-state index contributed by atoms with van der Waals surface area (Å²) in [4.78, 5) is 36.6. The molecule has 0 unspecified atom stereocenters. The predicted molar refractivity (Wildman–Crippen MR) is 107 cm³/mol.